The minimum atomic E-state index is -1.56. The van der Waals surface area contributed by atoms with Crippen LogP contribution in [0.3, 0.4) is 0 Å². The van der Waals surface area contributed by atoms with Gasteiger partial charge >= 0.3 is 11.9 Å². The molecule has 8 atom stereocenters. The van der Waals surface area contributed by atoms with Crippen molar-refractivity contribution in [3.63, 3.8) is 0 Å². The fourth-order valence-corrected chi connectivity index (χ4v) is 7.93. The number of hydrogen-bond acceptors (Lipinski definition) is 7. The standard InChI is InChI=1S/C22H30O7/c1-12-13-5-6-16-20(18(24)26-2)7-4-8-21(16,19(27-3)28-11-20)15(13)10-22(25)14(12)9-17(23)29-22/h9,12-13,15-16,19,25H,4-8,10-11H2,1-3H3/t12-,13+,15+,16+,19-,20+,21+,22-/m1/s1. The van der Waals surface area contributed by atoms with E-state index in [-0.39, 0.29) is 29.6 Å². The zero-order valence-corrected chi connectivity index (χ0v) is 17.3. The Kier molecular flexibility index (Phi) is 4.23. The maximum Gasteiger partial charge on any atom is 0.333 e. The number of fused-ring (bicyclic) bond motifs is 2. The van der Waals surface area contributed by atoms with Crippen molar-refractivity contribution in [3.8, 4) is 0 Å². The monoisotopic (exact) mass is 406 g/mol. The highest BCUT2D eigenvalue weighted by Crippen LogP contribution is 2.70. The zero-order valence-electron chi connectivity index (χ0n) is 17.3. The molecular formula is C22H30O7. The van der Waals surface area contributed by atoms with Crippen LogP contribution in [0.5, 0.6) is 0 Å². The van der Waals surface area contributed by atoms with Crippen LogP contribution in [0.15, 0.2) is 11.6 Å². The van der Waals surface area contributed by atoms with Gasteiger partial charge < -0.3 is 24.1 Å². The van der Waals surface area contributed by atoms with E-state index in [9.17, 15) is 14.7 Å². The van der Waals surface area contributed by atoms with E-state index in [1.54, 1.807) is 7.11 Å². The van der Waals surface area contributed by atoms with Gasteiger partial charge in [0.25, 0.3) is 0 Å². The third kappa shape index (κ3) is 2.29. The van der Waals surface area contributed by atoms with Crippen molar-refractivity contribution in [2.45, 2.75) is 57.5 Å². The largest absolute Gasteiger partial charge is 0.469 e. The van der Waals surface area contributed by atoms with Gasteiger partial charge in [-0.15, -0.1) is 0 Å². The van der Waals surface area contributed by atoms with E-state index in [0.29, 0.717) is 18.6 Å². The van der Waals surface area contributed by atoms with Gasteiger partial charge in [0.15, 0.2) is 6.29 Å². The molecule has 3 aliphatic carbocycles. The summed E-state index contributed by atoms with van der Waals surface area (Å²) in [5.74, 6) is -1.84. The summed E-state index contributed by atoms with van der Waals surface area (Å²) in [6.07, 6.45) is 5.68. The number of ether oxygens (including phenoxy) is 4. The molecule has 2 aliphatic heterocycles. The normalized spacial score (nSPS) is 50.6. The van der Waals surface area contributed by atoms with Crippen molar-refractivity contribution in [3.05, 3.63) is 11.6 Å². The zero-order chi connectivity index (χ0) is 20.6. The summed E-state index contributed by atoms with van der Waals surface area (Å²) >= 11 is 0. The van der Waals surface area contributed by atoms with Crippen LogP contribution < -0.4 is 0 Å². The molecule has 7 nitrogen and oxygen atoms in total. The lowest BCUT2D eigenvalue weighted by Gasteiger charge is -2.67. The van der Waals surface area contributed by atoms with Gasteiger partial charge in [-0.1, -0.05) is 13.3 Å². The van der Waals surface area contributed by atoms with Gasteiger partial charge in [-0.2, -0.15) is 0 Å². The fraction of sp³-hybridized carbons (Fsp3) is 0.818. The quantitative estimate of drug-likeness (QED) is 0.703. The lowest BCUT2D eigenvalue weighted by Crippen LogP contribution is -2.69. The van der Waals surface area contributed by atoms with E-state index in [2.05, 4.69) is 6.92 Å². The average Bonchev–Trinajstić information content (AvgIpc) is 3.01. The van der Waals surface area contributed by atoms with Gasteiger partial charge in [0.1, 0.15) is 0 Å². The van der Waals surface area contributed by atoms with Crippen LogP contribution >= 0.6 is 0 Å². The number of carbonyl (C=O) groups is 2. The second-order valence-corrected chi connectivity index (χ2v) is 9.69. The lowest BCUT2D eigenvalue weighted by atomic mass is 9.40. The molecule has 4 fully saturated rings. The van der Waals surface area contributed by atoms with Gasteiger partial charge in [0.05, 0.1) is 19.1 Å². The van der Waals surface area contributed by atoms with Crippen molar-refractivity contribution in [1.29, 1.82) is 0 Å². The first kappa shape index (κ1) is 19.5. The fourth-order valence-electron chi connectivity index (χ4n) is 7.93. The van der Waals surface area contributed by atoms with E-state index in [1.807, 2.05) is 0 Å². The van der Waals surface area contributed by atoms with Crippen LogP contribution in [0.4, 0.5) is 0 Å². The highest BCUT2D eigenvalue weighted by Gasteiger charge is 2.72. The Morgan fingerprint density at radius 1 is 1.28 bits per heavy atom. The van der Waals surface area contributed by atoms with E-state index in [4.69, 9.17) is 18.9 Å². The first-order chi connectivity index (χ1) is 13.8. The smallest absolute Gasteiger partial charge is 0.333 e. The summed E-state index contributed by atoms with van der Waals surface area (Å²) in [6, 6.07) is 0. The minimum absolute atomic E-state index is 0.0226. The Morgan fingerprint density at radius 3 is 2.79 bits per heavy atom. The third-order valence-corrected chi connectivity index (χ3v) is 8.90. The predicted octanol–water partition coefficient (Wildman–Crippen LogP) is 2.17. The molecule has 3 saturated carbocycles. The molecule has 0 aromatic rings. The summed E-state index contributed by atoms with van der Waals surface area (Å²) in [7, 11) is 3.10. The summed E-state index contributed by atoms with van der Waals surface area (Å²) in [6.45, 7) is 2.39. The molecule has 0 aromatic carbocycles. The molecule has 0 radical (unpaired) electrons. The van der Waals surface area contributed by atoms with E-state index in [1.165, 1.54) is 13.2 Å². The van der Waals surface area contributed by atoms with Gasteiger partial charge in [-0.05, 0) is 49.4 Å². The Hall–Kier alpha value is -1.44. The number of methoxy groups -OCH3 is 2. The molecule has 5 rings (SSSR count). The first-order valence-corrected chi connectivity index (χ1v) is 10.7. The van der Waals surface area contributed by atoms with Crippen molar-refractivity contribution >= 4 is 11.9 Å². The van der Waals surface area contributed by atoms with E-state index in [0.717, 1.165) is 32.1 Å². The van der Waals surface area contributed by atoms with Crippen molar-refractivity contribution in [2.75, 3.05) is 20.8 Å². The van der Waals surface area contributed by atoms with Crippen LogP contribution in [-0.2, 0) is 28.5 Å². The van der Waals surface area contributed by atoms with Crippen LogP contribution in [0.2, 0.25) is 0 Å². The number of carbonyl (C=O) groups excluding carboxylic acids is 2. The maximum absolute atomic E-state index is 13.0. The van der Waals surface area contributed by atoms with Crippen molar-refractivity contribution in [2.24, 2.45) is 34.5 Å². The van der Waals surface area contributed by atoms with Crippen LogP contribution in [0.1, 0.15) is 45.4 Å². The van der Waals surface area contributed by atoms with Crippen LogP contribution in [0, 0.1) is 34.5 Å². The van der Waals surface area contributed by atoms with Crippen LogP contribution in [0.25, 0.3) is 0 Å². The first-order valence-electron chi connectivity index (χ1n) is 10.7. The van der Waals surface area contributed by atoms with E-state index < -0.39 is 28.9 Å². The number of esters is 2. The molecule has 160 valence electrons. The molecule has 0 unspecified atom stereocenters. The number of aliphatic hydroxyl groups is 1. The van der Waals surface area contributed by atoms with E-state index >= 15 is 0 Å². The molecule has 5 aliphatic rings. The molecule has 0 aromatic heterocycles. The van der Waals surface area contributed by atoms with Gasteiger partial charge in [0, 0.05) is 30.6 Å². The lowest BCUT2D eigenvalue weighted by molar-refractivity contribution is -0.337. The second kappa shape index (κ2) is 6.28. The highest BCUT2D eigenvalue weighted by atomic mass is 16.7. The summed E-state index contributed by atoms with van der Waals surface area (Å²) < 4.78 is 22.7. The number of hydrogen-bond donors (Lipinski definition) is 1. The molecule has 29 heavy (non-hydrogen) atoms. The average molecular weight is 406 g/mol. The molecule has 2 heterocycles. The molecular weight excluding hydrogens is 376 g/mol. The topological polar surface area (TPSA) is 91.3 Å². The highest BCUT2D eigenvalue weighted by molar-refractivity contribution is 5.86. The van der Waals surface area contributed by atoms with Gasteiger partial charge in [-0.3, -0.25) is 4.79 Å². The Balaban J connectivity index is 1.63. The molecule has 1 N–H and O–H groups in total. The van der Waals surface area contributed by atoms with Gasteiger partial charge in [-0.25, -0.2) is 4.79 Å². The Labute approximate surface area is 170 Å². The minimum Gasteiger partial charge on any atom is -0.469 e. The Bertz CT molecular complexity index is 777. The predicted molar refractivity (Wildman–Crippen MR) is 100 cm³/mol. The molecule has 0 spiro atoms. The van der Waals surface area contributed by atoms with Crippen molar-refractivity contribution < 1.29 is 33.6 Å². The molecule has 1 saturated heterocycles. The maximum atomic E-state index is 13.0. The van der Waals surface area contributed by atoms with Crippen molar-refractivity contribution in [1.82, 2.24) is 0 Å². The molecule has 2 bridgehead atoms. The number of rotatable bonds is 2. The van der Waals surface area contributed by atoms with Gasteiger partial charge in [0.2, 0.25) is 5.79 Å². The summed E-state index contributed by atoms with van der Waals surface area (Å²) in [5.41, 5.74) is -0.381. The molecule has 0 amide bonds. The summed E-state index contributed by atoms with van der Waals surface area (Å²) in [5, 5.41) is 11.3. The third-order valence-electron chi connectivity index (χ3n) is 8.90. The SMILES string of the molecule is COC(=O)[C@@]12CCC[C@]3([C@H](OC)OC1)[C@H]1C[C@@]4(O)OC(=O)C=C4[C@H](C)[C@@H]1CC[C@@H]23. The second-order valence-electron chi connectivity index (χ2n) is 9.69. The van der Waals surface area contributed by atoms with Crippen LogP contribution in [-0.4, -0.2) is 49.9 Å². The summed E-state index contributed by atoms with van der Waals surface area (Å²) in [4.78, 5) is 25.0. The Morgan fingerprint density at radius 2 is 2.07 bits per heavy atom. The molecule has 7 heteroatoms.